The van der Waals surface area contributed by atoms with Crippen molar-refractivity contribution in [3.05, 3.63) is 137 Å². The third-order valence-corrected chi connectivity index (χ3v) is 8.34. The minimum Gasteiger partial charge on any atom is -0.365 e. The summed E-state index contributed by atoms with van der Waals surface area (Å²) in [6, 6.07) is 25.4. The summed E-state index contributed by atoms with van der Waals surface area (Å²) in [5.74, 6) is 0.0485. The Balaban J connectivity index is 0.000000141. The molecule has 1 aliphatic carbocycles. The first-order valence-electron chi connectivity index (χ1n) is 14.9. The van der Waals surface area contributed by atoms with Gasteiger partial charge in [-0.05, 0) is 35.4 Å². The zero-order valence-corrected chi connectivity index (χ0v) is 23.7. The number of allylic oxidation sites excluding steroid dienone is 3. The lowest BCUT2D eigenvalue weighted by molar-refractivity contribution is -0.117. The molecule has 43 heavy (non-hydrogen) atoms. The molecule has 3 aromatic rings. The molecule has 0 saturated carbocycles. The van der Waals surface area contributed by atoms with E-state index in [0.29, 0.717) is 17.1 Å². The van der Waals surface area contributed by atoms with Gasteiger partial charge in [-0.25, -0.2) is 0 Å². The van der Waals surface area contributed by atoms with E-state index in [2.05, 4.69) is 101 Å². The van der Waals surface area contributed by atoms with E-state index in [4.69, 9.17) is 0 Å². The van der Waals surface area contributed by atoms with Gasteiger partial charge in [-0.1, -0.05) is 66.7 Å². The molecule has 0 spiro atoms. The third kappa shape index (κ3) is 4.73. The van der Waals surface area contributed by atoms with Crippen molar-refractivity contribution < 1.29 is 9.59 Å². The molecular weight excluding hydrogens is 534 g/mol. The van der Waals surface area contributed by atoms with E-state index in [9.17, 15) is 9.59 Å². The molecule has 0 unspecified atom stereocenters. The van der Waals surface area contributed by atoms with Crippen molar-refractivity contribution in [1.82, 2.24) is 14.7 Å². The predicted molar refractivity (Wildman–Crippen MR) is 169 cm³/mol. The van der Waals surface area contributed by atoms with Gasteiger partial charge in [0, 0.05) is 73.9 Å². The van der Waals surface area contributed by atoms with Crippen molar-refractivity contribution in [2.75, 3.05) is 49.5 Å². The summed E-state index contributed by atoms with van der Waals surface area (Å²) < 4.78 is 0. The number of hydrogen-bond acceptors (Lipinski definition) is 7. The van der Waals surface area contributed by atoms with E-state index in [0.717, 1.165) is 50.6 Å². The minimum absolute atomic E-state index is 0.00546. The van der Waals surface area contributed by atoms with E-state index in [1.54, 1.807) is 0 Å². The summed E-state index contributed by atoms with van der Waals surface area (Å²) in [7, 11) is 0. The number of nitrogens with zero attached hydrogens (tertiary/aromatic N) is 4. The molecule has 5 aliphatic heterocycles. The van der Waals surface area contributed by atoms with Gasteiger partial charge in [0.1, 0.15) is 11.4 Å². The third-order valence-electron chi connectivity index (χ3n) is 8.34. The smallest absolute Gasteiger partial charge is 0.227 e. The number of rotatable bonds is 5. The molecule has 212 valence electrons. The zero-order valence-electron chi connectivity index (χ0n) is 23.7. The highest BCUT2D eigenvalue weighted by Crippen LogP contribution is 2.34. The molecule has 0 aromatic heterocycles. The Morgan fingerprint density at radius 2 is 1.37 bits per heavy atom. The van der Waals surface area contributed by atoms with Crippen LogP contribution in [0.1, 0.15) is 5.56 Å². The van der Waals surface area contributed by atoms with Gasteiger partial charge in [-0.15, -0.1) is 0 Å². The maximum absolute atomic E-state index is 12.4. The maximum atomic E-state index is 12.4. The molecule has 0 atom stereocenters. The van der Waals surface area contributed by atoms with Crippen molar-refractivity contribution in [1.29, 1.82) is 0 Å². The van der Waals surface area contributed by atoms with Gasteiger partial charge in [0.05, 0.1) is 17.1 Å². The lowest BCUT2D eigenvalue weighted by Gasteiger charge is -2.27. The number of hydrogen-bond donors (Lipinski definition) is 1. The minimum atomic E-state index is 0.00546. The molecule has 0 radical (unpaired) electrons. The number of ketones is 2. The van der Waals surface area contributed by atoms with Crippen LogP contribution < -0.4 is 20.7 Å². The molecule has 9 rings (SSSR count). The molecule has 7 heteroatoms. The van der Waals surface area contributed by atoms with Crippen molar-refractivity contribution in [2.24, 2.45) is 0 Å². The lowest BCUT2D eigenvalue weighted by atomic mass is 9.98. The standard InChI is InChI=1S/C24H18N2.C12H13N3O2/c1-3-8-18(9-4-1)21-15-16-25-23-22(21)14-13-19-10-7-17-26(24(19)23)20-11-5-2-6-12-20;16-9-7-8(13-1-2-13)12(17)11(15-5-6-15)10(9)14-3-4-14/h1-17,25H;7H,1-6H2. The summed E-state index contributed by atoms with van der Waals surface area (Å²) in [4.78, 5) is 32.7. The number of nitrogens with one attached hydrogen (secondary N) is 1. The van der Waals surface area contributed by atoms with Gasteiger partial charge in [-0.2, -0.15) is 0 Å². The fraction of sp³-hybridized carbons (Fsp3) is 0.167. The molecule has 3 fully saturated rings. The second-order valence-electron chi connectivity index (χ2n) is 11.3. The van der Waals surface area contributed by atoms with Crippen LogP contribution in [-0.2, 0) is 9.59 Å². The Labute approximate surface area is 250 Å². The maximum Gasteiger partial charge on any atom is 0.227 e. The van der Waals surface area contributed by atoms with Gasteiger partial charge in [0.2, 0.25) is 11.6 Å². The van der Waals surface area contributed by atoms with Gasteiger partial charge in [0.15, 0.2) is 0 Å². The first kappa shape index (κ1) is 25.4. The highest BCUT2D eigenvalue weighted by Gasteiger charge is 2.43. The summed E-state index contributed by atoms with van der Waals surface area (Å²) in [5.41, 5.74) is 7.85. The molecule has 0 bridgehead atoms. The van der Waals surface area contributed by atoms with Crippen molar-refractivity contribution in [2.45, 2.75) is 0 Å². The number of Topliss-reactive ketones (excluding diaryl/α,β-unsaturated/α-hetero) is 1. The van der Waals surface area contributed by atoms with Crippen LogP contribution >= 0.6 is 0 Å². The van der Waals surface area contributed by atoms with Crippen LogP contribution in [0.2, 0.25) is 0 Å². The summed E-state index contributed by atoms with van der Waals surface area (Å²) >= 11 is 0. The Bertz CT molecular complexity index is 1890. The molecular formula is C36H31N5O2. The van der Waals surface area contributed by atoms with Crippen LogP contribution in [0, 0.1) is 0 Å². The quantitative estimate of drug-likeness (QED) is 0.376. The second kappa shape index (κ2) is 10.2. The Hall–Kier alpha value is -5.30. The van der Waals surface area contributed by atoms with Crippen LogP contribution in [0.15, 0.2) is 121 Å². The van der Waals surface area contributed by atoms with E-state index < -0.39 is 0 Å². The summed E-state index contributed by atoms with van der Waals surface area (Å²) in [5, 5.41) is 5.93. The lowest BCUT2D eigenvalue weighted by Crippen LogP contribution is -2.29. The molecule has 3 saturated heterocycles. The fourth-order valence-electron chi connectivity index (χ4n) is 5.93. The van der Waals surface area contributed by atoms with E-state index in [1.165, 1.54) is 33.3 Å². The van der Waals surface area contributed by atoms with E-state index in [-0.39, 0.29) is 11.6 Å². The van der Waals surface area contributed by atoms with Crippen molar-refractivity contribution >= 4 is 40.3 Å². The Kier molecular flexibility index (Phi) is 6.03. The molecule has 6 aliphatic rings. The number of benzene rings is 3. The zero-order chi connectivity index (χ0) is 28.9. The average Bonchev–Trinajstić information content (AvgIpc) is 3.88. The van der Waals surface area contributed by atoms with Gasteiger partial charge < -0.3 is 24.9 Å². The Morgan fingerprint density at radius 1 is 0.698 bits per heavy atom. The van der Waals surface area contributed by atoms with Crippen molar-refractivity contribution in [3.8, 4) is 0 Å². The number of anilines is 3. The van der Waals surface area contributed by atoms with E-state index >= 15 is 0 Å². The van der Waals surface area contributed by atoms with Gasteiger partial charge in [-0.3, -0.25) is 9.59 Å². The first-order chi connectivity index (χ1) is 21.2. The first-order valence-corrected chi connectivity index (χ1v) is 14.9. The van der Waals surface area contributed by atoms with Crippen LogP contribution in [-0.4, -0.2) is 65.5 Å². The van der Waals surface area contributed by atoms with Crippen molar-refractivity contribution in [3.63, 3.8) is 0 Å². The topological polar surface area (TPSA) is 58.4 Å². The molecule has 5 heterocycles. The number of fused-ring (bicyclic) bond motifs is 3. The second-order valence-corrected chi connectivity index (χ2v) is 11.3. The van der Waals surface area contributed by atoms with Crippen LogP contribution in [0.25, 0.3) is 11.6 Å². The largest absolute Gasteiger partial charge is 0.365 e. The molecule has 0 amide bonds. The Morgan fingerprint density at radius 3 is 2.07 bits per heavy atom. The monoisotopic (exact) mass is 565 g/mol. The fourth-order valence-corrected chi connectivity index (χ4v) is 5.93. The molecule has 3 aromatic carbocycles. The van der Waals surface area contributed by atoms with Crippen LogP contribution in [0.3, 0.4) is 0 Å². The van der Waals surface area contributed by atoms with Gasteiger partial charge >= 0.3 is 0 Å². The number of para-hydroxylation sites is 1. The molecule has 7 nitrogen and oxygen atoms in total. The predicted octanol–water partition coefficient (Wildman–Crippen LogP) is 3.45. The van der Waals surface area contributed by atoms with Crippen LogP contribution in [0.4, 0.5) is 17.1 Å². The summed E-state index contributed by atoms with van der Waals surface area (Å²) in [6.45, 7) is 5.41. The van der Waals surface area contributed by atoms with Gasteiger partial charge in [0.25, 0.3) is 0 Å². The number of carbonyl (C=O) groups excluding carboxylic acids is 2. The average molecular weight is 566 g/mol. The highest BCUT2D eigenvalue weighted by atomic mass is 16.1. The number of carbonyl (C=O) groups is 2. The highest BCUT2D eigenvalue weighted by molar-refractivity contribution is 6.22. The van der Waals surface area contributed by atoms with Crippen LogP contribution in [0.5, 0.6) is 0 Å². The molecule has 1 N–H and O–H groups in total. The normalized spacial score (nSPS) is 19.2. The summed E-state index contributed by atoms with van der Waals surface area (Å²) in [6.07, 6.45) is 12.1. The SMILES string of the molecule is C1=CN(c2ccccc2)c2c3c(ccc2=C1)=C(c1ccccc1)C=CN3.O=C1C=C(N2CC2)C(=O)C(N2CC2)=C1N1CC1. The van der Waals surface area contributed by atoms with E-state index in [1.807, 2.05) is 27.0 Å².